The van der Waals surface area contributed by atoms with E-state index in [-0.39, 0.29) is 6.54 Å². The van der Waals surface area contributed by atoms with Crippen molar-refractivity contribution in [2.45, 2.75) is 6.10 Å². The molecule has 0 unspecified atom stereocenters. The van der Waals surface area contributed by atoms with E-state index in [1.54, 1.807) is 24.3 Å². The van der Waals surface area contributed by atoms with E-state index in [1.807, 2.05) is 0 Å². The molecular weight excluding hydrogens is 358 g/mol. The molecule has 2 aromatic carbocycles. The number of amides is 2. The van der Waals surface area contributed by atoms with Crippen LogP contribution < -0.4 is 20.1 Å². The molecule has 136 valence electrons. The SMILES string of the molecule is CS(=O)(=O)N1C[C@@H](C(=O)Nc2ccc(C(N)=O)cc2)Oc2ccccc21. The molecule has 1 heterocycles. The van der Waals surface area contributed by atoms with Gasteiger partial charge < -0.3 is 15.8 Å². The number of nitrogens with zero attached hydrogens (tertiary/aromatic N) is 1. The Bertz CT molecular complexity index is 957. The highest BCUT2D eigenvalue weighted by atomic mass is 32.2. The number of para-hydroxylation sites is 2. The summed E-state index contributed by atoms with van der Waals surface area (Å²) in [4.78, 5) is 23.6. The molecule has 3 N–H and O–H groups in total. The summed E-state index contributed by atoms with van der Waals surface area (Å²) in [6.07, 6.45) is 0.0579. The number of hydrogen-bond acceptors (Lipinski definition) is 5. The molecule has 1 atom stereocenters. The molecule has 26 heavy (non-hydrogen) atoms. The van der Waals surface area contributed by atoms with E-state index in [2.05, 4.69) is 5.32 Å². The first-order chi connectivity index (χ1) is 12.3. The quantitative estimate of drug-likeness (QED) is 0.825. The third-order valence-corrected chi connectivity index (χ3v) is 5.01. The molecule has 2 amide bonds. The molecule has 0 saturated heterocycles. The van der Waals surface area contributed by atoms with Crippen LogP contribution in [0.5, 0.6) is 5.75 Å². The van der Waals surface area contributed by atoms with Crippen molar-refractivity contribution in [2.24, 2.45) is 5.73 Å². The molecule has 3 rings (SSSR count). The minimum Gasteiger partial charge on any atom is -0.476 e. The number of fused-ring (bicyclic) bond motifs is 1. The van der Waals surface area contributed by atoms with Crippen LogP contribution in [-0.2, 0) is 14.8 Å². The van der Waals surface area contributed by atoms with E-state index in [0.29, 0.717) is 22.7 Å². The molecule has 1 aliphatic rings. The minimum absolute atomic E-state index is 0.138. The number of ether oxygens (including phenoxy) is 1. The third kappa shape index (κ3) is 3.62. The molecule has 2 aromatic rings. The molecule has 0 bridgehead atoms. The normalized spacial score (nSPS) is 16.3. The average molecular weight is 375 g/mol. The first kappa shape index (κ1) is 17.7. The van der Waals surface area contributed by atoms with Crippen LogP contribution in [0.3, 0.4) is 0 Å². The van der Waals surface area contributed by atoms with Gasteiger partial charge in [0.25, 0.3) is 5.91 Å². The molecule has 0 aromatic heterocycles. The smallest absolute Gasteiger partial charge is 0.267 e. The summed E-state index contributed by atoms with van der Waals surface area (Å²) >= 11 is 0. The Labute approximate surface area is 150 Å². The fraction of sp³-hybridized carbons (Fsp3) is 0.176. The second-order valence-electron chi connectivity index (χ2n) is 5.80. The Balaban J connectivity index is 1.81. The zero-order valence-electron chi connectivity index (χ0n) is 13.9. The van der Waals surface area contributed by atoms with Gasteiger partial charge in [0.2, 0.25) is 15.9 Å². The lowest BCUT2D eigenvalue weighted by Gasteiger charge is -2.33. The van der Waals surface area contributed by atoms with Crippen LogP contribution in [0.2, 0.25) is 0 Å². The number of carbonyl (C=O) groups excluding carboxylic acids is 2. The van der Waals surface area contributed by atoms with Crippen molar-refractivity contribution < 1.29 is 22.7 Å². The molecule has 0 saturated carbocycles. The Morgan fingerprint density at radius 3 is 2.42 bits per heavy atom. The highest BCUT2D eigenvalue weighted by Gasteiger charge is 2.34. The number of rotatable bonds is 4. The van der Waals surface area contributed by atoms with Gasteiger partial charge in [0, 0.05) is 11.3 Å². The van der Waals surface area contributed by atoms with Crippen molar-refractivity contribution in [3.8, 4) is 5.75 Å². The first-order valence-corrected chi connectivity index (χ1v) is 9.54. The van der Waals surface area contributed by atoms with Gasteiger partial charge in [-0.25, -0.2) is 8.42 Å². The molecule has 0 aliphatic carbocycles. The van der Waals surface area contributed by atoms with Crippen molar-refractivity contribution in [2.75, 3.05) is 22.4 Å². The van der Waals surface area contributed by atoms with Crippen LogP contribution in [0, 0.1) is 0 Å². The number of primary amides is 1. The predicted molar refractivity (Wildman–Crippen MR) is 96.6 cm³/mol. The van der Waals surface area contributed by atoms with E-state index in [4.69, 9.17) is 10.5 Å². The molecule has 8 nitrogen and oxygen atoms in total. The molecule has 9 heteroatoms. The van der Waals surface area contributed by atoms with E-state index in [0.717, 1.165) is 10.6 Å². The van der Waals surface area contributed by atoms with Gasteiger partial charge >= 0.3 is 0 Å². The van der Waals surface area contributed by atoms with Crippen molar-refractivity contribution >= 4 is 33.2 Å². The summed E-state index contributed by atoms with van der Waals surface area (Å²) in [7, 11) is -3.57. The maximum absolute atomic E-state index is 12.5. The summed E-state index contributed by atoms with van der Waals surface area (Å²) in [6.45, 7) is -0.138. The zero-order valence-corrected chi connectivity index (χ0v) is 14.7. The van der Waals surface area contributed by atoms with Crippen molar-refractivity contribution in [3.05, 3.63) is 54.1 Å². The monoisotopic (exact) mass is 375 g/mol. The van der Waals surface area contributed by atoms with Gasteiger partial charge in [0.05, 0.1) is 18.5 Å². The Kier molecular flexibility index (Phi) is 4.56. The number of benzene rings is 2. The lowest BCUT2D eigenvalue weighted by molar-refractivity contribution is -0.122. The second-order valence-corrected chi connectivity index (χ2v) is 7.71. The number of anilines is 2. The number of carbonyl (C=O) groups is 2. The maximum atomic E-state index is 12.5. The Morgan fingerprint density at radius 1 is 1.15 bits per heavy atom. The first-order valence-electron chi connectivity index (χ1n) is 7.70. The minimum atomic E-state index is -3.57. The van der Waals surface area contributed by atoms with Crippen LogP contribution in [-0.4, -0.2) is 39.1 Å². The van der Waals surface area contributed by atoms with Gasteiger partial charge in [-0.2, -0.15) is 0 Å². The van der Waals surface area contributed by atoms with Crippen LogP contribution >= 0.6 is 0 Å². The standard InChI is InChI=1S/C17H17N3O5S/c1-26(23,24)20-10-15(25-14-5-3-2-4-13(14)20)17(22)19-12-8-6-11(7-9-12)16(18)21/h2-9,15H,10H2,1H3,(H2,18,21)(H,19,22)/t15-/m0/s1. The van der Waals surface area contributed by atoms with Gasteiger partial charge in [0.15, 0.2) is 6.10 Å². The van der Waals surface area contributed by atoms with Gasteiger partial charge in [0.1, 0.15) is 5.75 Å². The number of hydrogen-bond donors (Lipinski definition) is 2. The fourth-order valence-corrected chi connectivity index (χ4v) is 3.51. The van der Waals surface area contributed by atoms with Gasteiger partial charge in [-0.3, -0.25) is 13.9 Å². The number of sulfonamides is 1. The number of nitrogens with two attached hydrogens (primary N) is 1. The zero-order chi connectivity index (χ0) is 18.9. The lowest BCUT2D eigenvalue weighted by atomic mass is 10.2. The number of nitrogens with one attached hydrogen (secondary N) is 1. The highest BCUT2D eigenvalue weighted by molar-refractivity contribution is 7.92. The molecule has 0 spiro atoms. The van der Waals surface area contributed by atoms with Crippen LogP contribution in [0.15, 0.2) is 48.5 Å². The summed E-state index contributed by atoms with van der Waals surface area (Å²) in [5.41, 5.74) is 6.32. The summed E-state index contributed by atoms with van der Waals surface area (Å²) in [5.74, 6) is -0.757. The second kappa shape index (κ2) is 6.68. The van der Waals surface area contributed by atoms with Gasteiger partial charge in [-0.15, -0.1) is 0 Å². The average Bonchev–Trinajstić information content (AvgIpc) is 2.60. The molecule has 1 aliphatic heterocycles. The summed E-state index contributed by atoms with van der Waals surface area (Å²) in [5, 5.41) is 2.64. The van der Waals surface area contributed by atoms with E-state index in [9.17, 15) is 18.0 Å². The van der Waals surface area contributed by atoms with E-state index >= 15 is 0 Å². The van der Waals surface area contributed by atoms with Gasteiger partial charge in [-0.05, 0) is 36.4 Å². The Hall–Kier alpha value is -3.07. The third-order valence-electron chi connectivity index (χ3n) is 3.86. The summed E-state index contributed by atoms with van der Waals surface area (Å²) < 4.78 is 30.9. The van der Waals surface area contributed by atoms with Crippen molar-refractivity contribution in [1.82, 2.24) is 0 Å². The molecule has 0 fully saturated rings. The largest absolute Gasteiger partial charge is 0.476 e. The maximum Gasteiger partial charge on any atom is 0.267 e. The lowest BCUT2D eigenvalue weighted by Crippen LogP contribution is -2.48. The molecule has 0 radical (unpaired) electrons. The van der Waals surface area contributed by atoms with E-state index in [1.165, 1.54) is 24.3 Å². The van der Waals surface area contributed by atoms with Crippen molar-refractivity contribution in [3.63, 3.8) is 0 Å². The molecular formula is C17H17N3O5S. The highest BCUT2D eigenvalue weighted by Crippen LogP contribution is 2.34. The Morgan fingerprint density at radius 2 is 1.81 bits per heavy atom. The summed E-state index contributed by atoms with van der Waals surface area (Å²) in [6, 6.07) is 12.6. The topological polar surface area (TPSA) is 119 Å². The van der Waals surface area contributed by atoms with E-state index < -0.39 is 27.9 Å². The van der Waals surface area contributed by atoms with Crippen molar-refractivity contribution in [1.29, 1.82) is 0 Å². The van der Waals surface area contributed by atoms with Gasteiger partial charge in [-0.1, -0.05) is 12.1 Å². The fourth-order valence-electron chi connectivity index (χ4n) is 2.59. The van der Waals surface area contributed by atoms with Crippen LogP contribution in [0.1, 0.15) is 10.4 Å². The van der Waals surface area contributed by atoms with Crippen LogP contribution in [0.25, 0.3) is 0 Å². The predicted octanol–water partition coefficient (Wildman–Crippen LogP) is 0.951. The van der Waals surface area contributed by atoms with Crippen LogP contribution in [0.4, 0.5) is 11.4 Å².